The number of fused-ring (bicyclic) bond motifs is 1. The number of hydrogen-bond acceptors (Lipinski definition) is 4. The van der Waals surface area contributed by atoms with Crippen molar-refractivity contribution in [1.29, 1.82) is 10.8 Å². The van der Waals surface area contributed by atoms with Crippen molar-refractivity contribution in [3.63, 3.8) is 0 Å². The van der Waals surface area contributed by atoms with Crippen molar-refractivity contribution < 1.29 is 9.53 Å². The number of amides is 1. The van der Waals surface area contributed by atoms with Gasteiger partial charge in [0.05, 0.1) is 17.5 Å². The van der Waals surface area contributed by atoms with Crippen LogP contribution >= 0.6 is 0 Å². The average Bonchev–Trinajstić information content (AvgIpc) is 3.41. The van der Waals surface area contributed by atoms with Crippen LogP contribution in [0.2, 0.25) is 0 Å². The molecule has 2 N–H and O–H groups in total. The normalized spacial score (nSPS) is 22.8. The van der Waals surface area contributed by atoms with Crippen molar-refractivity contribution in [3.05, 3.63) is 23.3 Å². The summed E-state index contributed by atoms with van der Waals surface area (Å²) < 4.78 is 6.26. The van der Waals surface area contributed by atoms with Crippen molar-refractivity contribution in [2.75, 3.05) is 4.90 Å². The third-order valence-electron chi connectivity index (χ3n) is 5.68. The van der Waals surface area contributed by atoms with Crippen LogP contribution in [0.25, 0.3) is 0 Å². The fourth-order valence-corrected chi connectivity index (χ4v) is 3.75. The minimum absolute atomic E-state index is 0.163. The van der Waals surface area contributed by atoms with E-state index in [9.17, 15) is 4.79 Å². The maximum Gasteiger partial charge on any atom is 0.230 e. The molecule has 0 spiro atoms. The second-order valence-electron chi connectivity index (χ2n) is 7.54. The average molecular weight is 339 g/mol. The number of rotatable bonds is 5. The van der Waals surface area contributed by atoms with Crippen LogP contribution in [0, 0.1) is 16.7 Å². The smallest absolute Gasteiger partial charge is 0.230 e. The summed E-state index contributed by atoms with van der Waals surface area (Å²) >= 11 is 0. The first-order valence-electron chi connectivity index (χ1n) is 9.35. The summed E-state index contributed by atoms with van der Waals surface area (Å²) in [5.41, 5.74) is 2.83. The van der Waals surface area contributed by atoms with Gasteiger partial charge in [0.2, 0.25) is 5.91 Å². The third kappa shape index (κ3) is 2.86. The molecule has 5 heteroatoms. The zero-order chi connectivity index (χ0) is 17.6. The summed E-state index contributed by atoms with van der Waals surface area (Å²) in [7, 11) is 0. The van der Waals surface area contributed by atoms with Crippen LogP contribution in [0.4, 0.5) is 5.69 Å². The van der Waals surface area contributed by atoms with E-state index in [1.54, 1.807) is 0 Å². The number of benzene rings is 1. The van der Waals surface area contributed by atoms with Crippen LogP contribution in [0.3, 0.4) is 0 Å². The van der Waals surface area contributed by atoms with Gasteiger partial charge in [-0.25, -0.2) is 0 Å². The van der Waals surface area contributed by atoms with Crippen molar-refractivity contribution in [2.45, 2.75) is 64.0 Å². The third-order valence-corrected chi connectivity index (χ3v) is 5.68. The quantitative estimate of drug-likeness (QED) is 0.802. The van der Waals surface area contributed by atoms with E-state index in [1.807, 2.05) is 17.0 Å². The lowest BCUT2D eigenvalue weighted by atomic mass is 9.91. The first-order valence-corrected chi connectivity index (χ1v) is 9.35. The Labute approximate surface area is 148 Å². The Bertz CT molecular complexity index is 735. The summed E-state index contributed by atoms with van der Waals surface area (Å²) in [5.74, 6) is 1.15. The lowest BCUT2D eigenvalue weighted by Gasteiger charge is -2.38. The van der Waals surface area contributed by atoms with Crippen molar-refractivity contribution in [1.82, 2.24) is 0 Å². The van der Waals surface area contributed by atoms with Crippen LogP contribution in [-0.2, 0) is 11.2 Å². The zero-order valence-electron chi connectivity index (χ0n) is 14.7. The van der Waals surface area contributed by atoms with Gasteiger partial charge in [0.1, 0.15) is 5.75 Å². The Morgan fingerprint density at radius 1 is 1.24 bits per heavy atom. The monoisotopic (exact) mass is 339 g/mol. The molecule has 5 nitrogen and oxygen atoms in total. The number of nitrogens with one attached hydrogen (secondary N) is 2. The predicted octanol–water partition coefficient (Wildman–Crippen LogP) is 3.71. The molecule has 132 valence electrons. The molecule has 4 rings (SSSR count). The van der Waals surface area contributed by atoms with Crippen LogP contribution < -0.4 is 9.64 Å². The first-order chi connectivity index (χ1) is 12.1. The maximum atomic E-state index is 12.8. The van der Waals surface area contributed by atoms with Crippen molar-refractivity contribution in [2.24, 2.45) is 5.92 Å². The van der Waals surface area contributed by atoms with Crippen LogP contribution in [0.15, 0.2) is 12.1 Å². The number of ether oxygens (including phenoxy) is 1. The molecule has 2 fully saturated rings. The van der Waals surface area contributed by atoms with Gasteiger partial charge in [-0.3, -0.25) is 10.2 Å². The van der Waals surface area contributed by atoms with Gasteiger partial charge in [-0.05, 0) is 64.0 Å². The van der Waals surface area contributed by atoms with E-state index in [2.05, 4.69) is 6.92 Å². The van der Waals surface area contributed by atoms with E-state index in [-0.39, 0.29) is 29.7 Å². The van der Waals surface area contributed by atoms with Crippen molar-refractivity contribution >= 4 is 23.5 Å². The topological polar surface area (TPSA) is 77.2 Å². The Morgan fingerprint density at radius 2 is 2.00 bits per heavy atom. The molecule has 2 saturated carbocycles. The molecule has 1 atom stereocenters. The molecule has 1 aromatic carbocycles. The van der Waals surface area contributed by atoms with Gasteiger partial charge in [0, 0.05) is 29.3 Å². The van der Waals surface area contributed by atoms with Crippen LogP contribution in [0.5, 0.6) is 5.75 Å². The Morgan fingerprint density at radius 3 is 2.60 bits per heavy atom. The molecular weight excluding hydrogens is 314 g/mol. The zero-order valence-corrected chi connectivity index (χ0v) is 14.7. The molecule has 3 aliphatic rings. The number of carbonyl (C=O) groups excluding carboxylic acids is 1. The lowest BCUT2D eigenvalue weighted by Crippen LogP contribution is -2.43. The molecule has 0 bridgehead atoms. The second-order valence-corrected chi connectivity index (χ2v) is 7.54. The fraction of sp³-hybridized carbons (Fsp3) is 0.550. The number of nitrogens with zero attached hydrogens (tertiary/aromatic N) is 1. The van der Waals surface area contributed by atoms with Crippen molar-refractivity contribution in [3.8, 4) is 5.75 Å². The van der Waals surface area contributed by atoms with E-state index in [4.69, 9.17) is 15.6 Å². The molecule has 2 aliphatic carbocycles. The van der Waals surface area contributed by atoms with Gasteiger partial charge >= 0.3 is 0 Å². The van der Waals surface area contributed by atoms with E-state index < -0.39 is 0 Å². The van der Waals surface area contributed by atoms with Gasteiger partial charge in [-0.15, -0.1) is 0 Å². The van der Waals surface area contributed by atoms with Gasteiger partial charge in [0.25, 0.3) is 0 Å². The number of anilines is 1. The molecule has 1 heterocycles. The Hall–Kier alpha value is -2.17. The molecule has 1 unspecified atom stereocenters. The molecule has 1 aromatic rings. The van der Waals surface area contributed by atoms with Crippen LogP contribution in [0.1, 0.15) is 56.6 Å². The summed E-state index contributed by atoms with van der Waals surface area (Å²) in [6.07, 6.45) is 8.30. The molecular formula is C20H25N3O2. The first kappa shape index (κ1) is 16.3. The predicted molar refractivity (Wildman–Crippen MR) is 98.3 cm³/mol. The Kier molecular flexibility index (Phi) is 4.10. The van der Waals surface area contributed by atoms with Gasteiger partial charge in [-0.2, -0.15) is 0 Å². The Balaban J connectivity index is 1.78. The maximum absolute atomic E-state index is 12.8. The fourth-order valence-electron chi connectivity index (χ4n) is 3.75. The highest BCUT2D eigenvalue weighted by atomic mass is 16.5. The molecule has 0 radical (unpaired) electrons. The van der Waals surface area contributed by atoms with Gasteiger partial charge in [0.15, 0.2) is 0 Å². The highest BCUT2D eigenvalue weighted by Crippen LogP contribution is 2.43. The molecule has 1 aliphatic heterocycles. The summed E-state index contributed by atoms with van der Waals surface area (Å²) in [4.78, 5) is 14.8. The summed E-state index contributed by atoms with van der Waals surface area (Å²) in [5, 5.41) is 15.6. The van der Waals surface area contributed by atoms with E-state index >= 15 is 0 Å². The SMILES string of the molecule is CC1CCc2c(ccc(C(=N)C=N)c2OC2CCC2)N1C(=O)C1CC1. The van der Waals surface area contributed by atoms with Gasteiger partial charge in [-0.1, -0.05) is 0 Å². The largest absolute Gasteiger partial charge is 0.489 e. The number of carbonyl (C=O) groups is 1. The standard InChI is InChI=1S/C20H25N3O2/c1-12-5-8-16-18(23(12)20(24)13-6-7-13)10-9-15(17(22)11-21)19(16)25-14-3-2-4-14/h9-14,21-22H,2-8H2,1H3. The second kappa shape index (κ2) is 6.28. The van der Waals surface area contributed by atoms with Gasteiger partial charge < -0.3 is 15.0 Å². The minimum atomic E-state index is 0.163. The van der Waals surface area contributed by atoms with Crippen LogP contribution in [-0.4, -0.2) is 30.0 Å². The number of hydrogen-bond donors (Lipinski definition) is 2. The molecule has 1 amide bonds. The highest BCUT2D eigenvalue weighted by molar-refractivity contribution is 6.36. The molecule has 25 heavy (non-hydrogen) atoms. The lowest BCUT2D eigenvalue weighted by molar-refractivity contribution is -0.120. The summed E-state index contributed by atoms with van der Waals surface area (Å²) in [6.45, 7) is 2.11. The van der Waals surface area contributed by atoms with E-state index in [0.717, 1.165) is 61.7 Å². The highest BCUT2D eigenvalue weighted by Gasteiger charge is 2.39. The molecule has 0 saturated heterocycles. The van der Waals surface area contributed by atoms with E-state index in [1.165, 1.54) is 6.42 Å². The minimum Gasteiger partial charge on any atom is -0.489 e. The molecule has 0 aromatic heterocycles. The van der Waals surface area contributed by atoms with E-state index in [0.29, 0.717) is 5.56 Å². The summed E-state index contributed by atoms with van der Waals surface area (Å²) in [6, 6.07) is 4.00.